The Morgan fingerprint density at radius 2 is 2.00 bits per heavy atom. The lowest BCUT2D eigenvalue weighted by atomic mass is 9.47. The molecule has 1 aliphatic carbocycles. The highest BCUT2D eigenvalue weighted by Gasteiger charge is 2.58. The van der Waals surface area contributed by atoms with Crippen molar-refractivity contribution in [3.05, 3.63) is 12.7 Å². The van der Waals surface area contributed by atoms with Crippen molar-refractivity contribution < 1.29 is 4.79 Å². The number of Topliss-reactive ketones (excluding diaryl/α,β-unsaturated/α-hetero) is 1. The van der Waals surface area contributed by atoms with Crippen molar-refractivity contribution in [1.82, 2.24) is 0 Å². The molecule has 1 fully saturated rings. The molecule has 1 rings (SSSR count). The fraction of sp³-hybridized carbons (Fsp3) is 0.727. The van der Waals surface area contributed by atoms with E-state index in [9.17, 15) is 4.79 Å². The second kappa shape index (κ2) is 2.72. The summed E-state index contributed by atoms with van der Waals surface area (Å²) in [5.74, 6) is 0.362. The molecule has 0 aromatic rings. The molecule has 0 N–H and O–H groups in total. The molecule has 0 amide bonds. The van der Waals surface area contributed by atoms with Crippen molar-refractivity contribution in [2.45, 2.75) is 40.0 Å². The molecule has 0 bridgehead atoms. The lowest BCUT2D eigenvalue weighted by Crippen LogP contribution is -2.55. The van der Waals surface area contributed by atoms with Crippen LogP contribution in [0.15, 0.2) is 12.7 Å². The zero-order chi connectivity index (χ0) is 9.41. The average molecular weight is 166 g/mol. The van der Waals surface area contributed by atoms with Gasteiger partial charge in [0.25, 0.3) is 0 Å². The molecule has 68 valence electrons. The summed E-state index contributed by atoms with van der Waals surface area (Å²) in [4.78, 5) is 11.4. The van der Waals surface area contributed by atoms with Crippen LogP contribution in [-0.2, 0) is 4.79 Å². The van der Waals surface area contributed by atoms with E-state index in [2.05, 4.69) is 20.4 Å². The lowest BCUT2D eigenvalue weighted by Gasteiger charge is -2.54. The fourth-order valence-electron chi connectivity index (χ4n) is 2.43. The first-order valence-corrected chi connectivity index (χ1v) is 4.73. The third-order valence-electron chi connectivity index (χ3n) is 3.94. The van der Waals surface area contributed by atoms with Gasteiger partial charge in [-0.15, -0.1) is 6.58 Å². The van der Waals surface area contributed by atoms with E-state index >= 15 is 0 Å². The van der Waals surface area contributed by atoms with Crippen LogP contribution in [0.25, 0.3) is 0 Å². The Labute approximate surface area is 74.9 Å². The first kappa shape index (κ1) is 9.50. The summed E-state index contributed by atoms with van der Waals surface area (Å²) in [6.45, 7) is 10.1. The van der Waals surface area contributed by atoms with Gasteiger partial charge in [0.1, 0.15) is 5.78 Å². The van der Waals surface area contributed by atoms with Crippen LogP contribution in [0.3, 0.4) is 0 Å². The van der Waals surface area contributed by atoms with E-state index in [1.807, 2.05) is 13.0 Å². The number of hydrogen-bond acceptors (Lipinski definition) is 1. The topological polar surface area (TPSA) is 17.1 Å². The predicted octanol–water partition coefficient (Wildman–Crippen LogP) is 2.96. The predicted molar refractivity (Wildman–Crippen MR) is 50.9 cm³/mol. The second-order valence-electron chi connectivity index (χ2n) is 3.99. The molecule has 0 saturated heterocycles. The van der Waals surface area contributed by atoms with Crippen molar-refractivity contribution in [3.63, 3.8) is 0 Å². The van der Waals surface area contributed by atoms with Gasteiger partial charge in [-0.1, -0.05) is 19.9 Å². The third-order valence-corrected chi connectivity index (χ3v) is 3.94. The van der Waals surface area contributed by atoms with Gasteiger partial charge in [-0.05, 0) is 25.2 Å². The molecule has 0 unspecified atom stereocenters. The van der Waals surface area contributed by atoms with E-state index < -0.39 is 0 Å². The van der Waals surface area contributed by atoms with Crippen LogP contribution in [0, 0.1) is 10.8 Å². The molecule has 1 heteroatoms. The van der Waals surface area contributed by atoms with Gasteiger partial charge in [-0.25, -0.2) is 0 Å². The lowest BCUT2D eigenvalue weighted by molar-refractivity contribution is -0.152. The molecule has 0 aromatic carbocycles. The van der Waals surface area contributed by atoms with Crippen molar-refractivity contribution in [2.24, 2.45) is 10.8 Å². The molecule has 0 spiro atoms. The van der Waals surface area contributed by atoms with Crippen LogP contribution in [0.1, 0.15) is 40.0 Å². The first-order valence-electron chi connectivity index (χ1n) is 4.73. The summed E-state index contributed by atoms with van der Waals surface area (Å²) in [5.41, 5.74) is -0.0255. The van der Waals surface area contributed by atoms with E-state index in [4.69, 9.17) is 0 Å². The summed E-state index contributed by atoms with van der Waals surface area (Å²) in [5, 5.41) is 0. The van der Waals surface area contributed by atoms with Crippen LogP contribution in [0.5, 0.6) is 0 Å². The van der Waals surface area contributed by atoms with Gasteiger partial charge in [0.2, 0.25) is 0 Å². The van der Waals surface area contributed by atoms with Crippen LogP contribution in [-0.4, -0.2) is 5.78 Å². The van der Waals surface area contributed by atoms with E-state index in [0.29, 0.717) is 5.78 Å². The largest absolute Gasteiger partial charge is 0.299 e. The van der Waals surface area contributed by atoms with Gasteiger partial charge in [-0.3, -0.25) is 4.79 Å². The molecule has 0 heterocycles. The highest BCUT2D eigenvalue weighted by Crippen LogP contribution is 2.58. The standard InChI is InChI=1S/C11H18O/c1-5-10(4)9(12)8-11(10,6-2)7-3/h5H,1,6-8H2,2-4H3/t10-/m1/s1. The summed E-state index contributed by atoms with van der Waals surface area (Å²) < 4.78 is 0. The Kier molecular flexibility index (Phi) is 2.15. The summed E-state index contributed by atoms with van der Waals surface area (Å²) in [6.07, 6.45) is 4.75. The van der Waals surface area contributed by atoms with Crippen LogP contribution >= 0.6 is 0 Å². The molecule has 0 aromatic heterocycles. The maximum absolute atomic E-state index is 11.4. The molecule has 12 heavy (non-hydrogen) atoms. The second-order valence-corrected chi connectivity index (χ2v) is 3.99. The van der Waals surface area contributed by atoms with Crippen LogP contribution in [0.2, 0.25) is 0 Å². The molecule has 0 aliphatic heterocycles. The van der Waals surface area contributed by atoms with Crippen molar-refractivity contribution >= 4 is 5.78 Å². The molecule has 1 saturated carbocycles. The van der Waals surface area contributed by atoms with Crippen molar-refractivity contribution in [1.29, 1.82) is 0 Å². The highest BCUT2D eigenvalue weighted by atomic mass is 16.1. The van der Waals surface area contributed by atoms with Gasteiger partial charge in [0, 0.05) is 11.8 Å². The normalized spacial score (nSPS) is 32.8. The molecular weight excluding hydrogens is 148 g/mol. The number of ketones is 1. The Morgan fingerprint density at radius 1 is 1.50 bits per heavy atom. The zero-order valence-electron chi connectivity index (χ0n) is 8.31. The van der Waals surface area contributed by atoms with Gasteiger partial charge in [-0.2, -0.15) is 0 Å². The minimum atomic E-state index is -0.240. The summed E-state index contributed by atoms with van der Waals surface area (Å²) >= 11 is 0. The van der Waals surface area contributed by atoms with Crippen molar-refractivity contribution in [2.75, 3.05) is 0 Å². The Hall–Kier alpha value is -0.590. The van der Waals surface area contributed by atoms with Crippen LogP contribution < -0.4 is 0 Å². The Balaban J connectivity index is 2.96. The monoisotopic (exact) mass is 166 g/mol. The fourth-order valence-corrected chi connectivity index (χ4v) is 2.43. The number of carbonyl (C=O) groups excluding carboxylic acids is 1. The Morgan fingerprint density at radius 3 is 2.17 bits per heavy atom. The maximum atomic E-state index is 11.4. The smallest absolute Gasteiger partial charge is 0.143 e. The van der Waals surface area contributed by atoms with Gasteiger partial charge >= 0.3 is 0 Å². The minimum Gasteiger partial charge on any atom is -0.299 e. The maximum Gasteiger partial charge on any atom is 0.143 e. The molecule has 0 radical (unpaired) electrons. The minimum absolute atomic E-state index is 0.214. The Bertz CT molecular complexity index is 213. The van der Waals surface area contributed by atoms with E-state index in [0.717, 1.165) is 19.3 Å². The highest BCUT2D eigenvalue weighted by molar-refractivity contribution is 5.94. The molecule has 1 atom stereocenters. The summed E-state index contributed by atoms with van der Waals surface area (Å²) in [6, 6.07) is 0. The quantitative estimate of drug-likeness (QED) is 0.589. The van der Waals surface area contributed by atoms with Crippen molar-refractivity contribution in [3.8, 4) is 0 Å². The van der Waals surface area contributed by atoms with Gasteiger partial charge in [0.05, 0.1) is 0 Å². The number of rotatable bonds is 3. The van der Waals surface area contributed by atoms with Crippen LogP contribution in [0.4, 0.5) is 0 Å². The molecule has 1 nitrogen and oxygen atoms in total. The number of allylic oxidation sites excluding steroid dienone is 1. The third kappa shape index (κ3) is 0.825. The first-order chi connectivity index (χ1) is 5.56. The van der Waals surface area contributed by atoms with Gasteiger partial charge < -0.3 is 0 Å². The number of carbonyl (C=O) groups is 1. The molecule has 1 aliphatic rings. The van der Waals surface area contributed by atoms with E-state index in [-0.39, 0.29) is 10.8 Å². The number of hydrogen-bond donors (Lipinski definition) is 0. The summed E-state index contributed by atoms with van der Waals surface area (Å²) in [7, 11) is 0. The SMILES string of the molecule is C=C[C@]1(C)C(=O)CC1(CC)CC. The zero-order valence-corrected chi connectivity index (χ0v) is 8.31. The molecular formula is C11H18O. The van der Waals surface area contributed by atoms with Gasteiger partial charge in [0.15, 0.2) is 0 Å². The average Bonchev–Trinajstić information content (AvgIpc) is 2.12. The van der Waals surface area contributed by atoms with E-state index in [1.165, 1.54) is 0 Å². The van der Waals surface area contributed by atoms with E-state index in [1.54, 1.807) is 0 Å².